The van der Waals surface area contributed by atoms with E-state index in [4.69, 9.17) is 11.6 Å². The Morgan fingerprint density at radius 2 is 1.81 bits per heavy atom. The SMILES string of the molecule is CCNCC(Cc1ccccc1)Cc1ccc(C)cc1Cl. The van der Waals surface area contributed by atoms with Gasteiger partial charge in [0.1, 0.15) is 0 Å². The van der Waals surface area contributed by atoms with E-state index in [1.807, 2.05) is 0 Å². The molecular formula is C19H24ClN. The normalized spacial score (nSPS) is 12.3. The molecule has 21 heavy (non-hydrogen) atoms. The van der Waals surface area contributed by atoms with E-state index >= 15 is 0 Å². The van der Waals surface area contributed by atoms with E-state index in [1.165, 1.54) is 16.7 Å². The summed E-state index contributed by atoms with van der Waals surface area (Å²) in [4.78, 5) is 0. The van der Waals surface area contributed by atoms with Gasteiger partial charge in [0.2, 0.25) is 0 Å². The second-order valence-corrected chi connectivity index (χ2v) is 6.07. The molecule has 1 N–H and O–H groups in total. The molecular weight excluding hydrogens is 278 g/mol. The van der Waals surface area contributed by atoms with Crippen LogP contribution >= 0.6 is 11.6 Å². The Kier molecular flexibility index (Phi) is 6.28. The highest BCUT2D eigenvalue weighted by molar-refractivity contribution is 6.31. The van der Waals surface area contributed by atoms with E-state index < -0.39 is 0 Å². The van der Waals surface area contributed by atoms with Gasteiger partial charge in [-0.05, 0) is 61.5 Å². The molecule has 2 aromatic rings. The number of aryl methyl sites for hydroxylation is 1. The predicted octanol–water partition coefficient (Wildman–Crippen LogP) is 4.66. The summed E-state index contributed by atoms with van der Waals surface area (Å²) in [6.07, 6.45) is 2.10. The van der Waals surface area contributed by atoms with Crippen molar-refractivity contribution in [1.82, 2.24) is 5.32 Å². The maximum Gasteiger partial charge on any atom is 0.0440 e. The minimum atomic E-state index is 0.563. The summed E-state index contributed by atoms with van der Waals surface area (Å²) >= 11 is 6.39. The molecule has 0 radical (unpaired) electrons. The van der Waals surface area contributed by atoms with E-state index in [9.17, 15) is 0 Å². The fourth-order valence-electron chi connectivity index (χ4n) is 2.64. The van der Waals surface area contributed by atoms with Crippen LogP contribution in [0.15, 0.2) is 48.5 Å². The third-order valence-corrected chi connectivity index (χ3v) is 4.12. The van der Waals surface area contributed by atoms with Gasteiger partial charge in [0.05, 0.1) is 0 Å². The summed E-state index contributed by atoms with van der Waals surface area (Å²) in [5, 5.41) is 4.37. The fourth-order valence-corrected chi connectivity index (χ4v) is 2.95. The maximum absolute atomic E-state index is 6.39. The Balaban J connectivity index is 2.08. The molecule has 0 saturated carbocycles. The van der Waals surface area contributed by atoms with Crippen molar-refractivity contribution in [2.24, 2.45) is 5.92 Å². The van der Waals surface area contributed by atoms with Gasteiger partial charge in [-0.2, -0.15) is 0 Å². The summed E-state index contributed by atoms with van der Waals surface area (Å²) in [7, 11) is 0. The molecule has 0 aliphatic rings. The lowest BCUT2D eigenvalue weighted by molar-refractivity contribution is 0.478. The van der Waals surface area contributed by atoms with Gasteiger partial charge in [0.25, 0.3) is 0 Å². The molecule has 0 aromatic heterocycles. The van der Waals surface area contributed by atoms with Gasteiger partial charge in [-0.1, -0.05) is 61.0 Å². The molecule has 2 heteroatoms. The molecule has 0 spiro atoms. The molecule has 1 nitrogen and oxygen atoms in total. The fraction of sp³-hybridized carbons (Fsp3) is 0.368. The molecule has 0 heterocycles. The molecule has 1 atom stereocenters. The predicted molar refractivity (Wildman–Crippen MR) is 92.1 cm³/mol. The van der Waals surface area contributed by atoms with Gasteiger partial charge < -0.3 is 5.32 Å². The molecule has 0 amide bonds. The summed E-state index contributed by atoms with van der Waals surface area (Å²) in [5.41, 5.74) is 3.86. The molecule has 2 rings (SSSR count). The van der Waals surface area contributed by atoms with Crippen LogP contribution in [0.1, 0.15) is 23.6 Å². The Labute approximate surface area is 133 Å². The molecule has 0 aliphatic heterocycles. The smallest absolute Gasteiger partial charge is 0.0440 e. The van der Waals surface area contributed by atoms with E-state index in [0.29, 0.717) is 5.92 Å². The number of rotatable bonds is 7. The molecule has 2 aromatic carbocycles. The lowest BCUT2D eigenvalue weighted by Crippen LogP contribution is -2.25. The zero-order chi connectivity index (χ0) is 15.1. The third kappa shape index (κ3) is 5.18. The number of nitrogens with one attached hydrogen (secondary N) is 1. The average Bonchev–Trinajstić information content (AvgIpc) is 2.48. The van der Waals surface area contributed by atoms with Crippen molar-refractivity contribution < 1.29 is 0 Å². The van der Waals surface area contributed by atoms with Crippen molar-refractivity contribution in [3.63, 3.8) is 0 Å². The Bertz CT molecular complexity index is 551. The van der Waals surface area contributed by atoms with Gasteiger partial charge in [0.15, 0.2) is 0 Å². The Hall–Kier alpha value is -1.31. The Morgan fingerprint density at radius 1 is 1.05 bits per heavy atom. The monoisotopic (exact) mass is 301 g/mol. The second kappa shape index (κ2) is 8.21. The van der Waals surface area contributed by atoms with Crippen molar-refractivity contribution in [2.45, 2.75) is 26.7 Å². The summed E-state index contributed by atoms with van der Waals surface area (Å²) in [6, 6.07) is 17.1. The van der Waals surface area contributed by atoms with Crippen LogP contribution in [0.5, 0.6) is 0 Å². The molecule has 0 fully saturated rings. The van der Waals surface area contributed by atoms with E-state index in [-0.39, 0.29) is 0 Å². The number of halogens is 1. The Morgan fingerprint density at radius 3 is 2.48 bits per heavy atom. The van der Waals surface area contributed by atoms with Crippen molar-refractivity contribution in [2.75, 3.05) is 13.1 Å². The first-order valence-electron chi connectivity index (χ1n) is 7.68. The van der Waals surface area contributed by atoms with E-state index in [0.717, 1.165) is 31.0 Å². The molecule has 0 saturated heterocycles. The van der Waals surface area contributed by atoms with E-state index in [2.05, 4.69) is 67.7 Å². The van der Waals surface area contributed by atoms with Gasteiger partial charge in [-0.25, -0.2) is 0 Å². The van der Waals surface area contributed by atoms with Crippen molar-refractivity contribution >= 4 is 11.6 Å². The van der Waals surface area contributed by atoms with Crippen LogP contribution in [0, 0.1) is 12.8 Å². The number of hydrogen-bond donors (Lipinski definition) is 1. The average molecular weight is 302 g/mol. The summed E-state index contributed by atoms with van der Waals surface area (Å²) in [5.74, 6) is 0.563. The largest absolute Gasteiger partial charge is 0.317 e. The van der Waals surface area contributed by atoms with Crippen LogP contribution in [-0.4, -0.2) is 13.1 Å². The first kappa shape index (κ1) is 16.1. The van der Waals surface area contributed by atoms with Crippen LogP contribution in [-0.2, 0) is 12.8 Å². The van der Waals surface area contributed by atoms with Crippen molar-refractivity contribution in [3.8, 4) is 0 Å². The number of benzene rings is 2. The maximum atomic E-state index is 6.39. The summed E-state index contributed by atoms with van der Waals surface area (Å²) in [6.45, 7) is 6.26. The van der Waals surface area contributed by atoms with Crippen LogP contribution < -0.4 is 5.32 Å². The van der Waals surface area contributed by atoms with Crippen molar-refractivity contribution in [3.05, 3.63) is 70.2 Å². The van der Waals surface area contributed by atoms with Gasteiger partial charge >= 0.3 is 0 Å². The zero-order valence-corrected chi connectivity index (χ0v) is 13.7. The highest BCUT2D eigenvalue weighted by Gasteiger charge is 2.12. The molecule has 0 aliphatic carbocycles. The first-order chi connectivity index (χ1) is 10.2. The highest BCUT2D eigenvalue weighted by atomic mass is 35.5. The van der Waals surface area contributed by atoms with Crippen LogP contribution in [0.2, 0.25) is 5.02 Å². The second-order valence-electron chi connectivity index (χ2n) is 5.66. The van der Waals surface area contributed by atoms with Crippen LogP contribution in [0.25, 0.3) is 0 Å². The quantitative estimate of drug-likeness (QED) is 0.784. The minimum Gasteiger partial charge on any atom is -0.317 e. The first-order valence-corrected chi connectivity index (χ1v) is 8.06. The molecule has 1 unspecified atom stereocenters. The van der Waals surface area contributed by atoms with Gasteiger partial charge in [0, 0.05) is 5.02 Å². The van der Waals surface area contributed by atoms with Crippen LogP contribution in [0.4, 0.5) is 0 Å². The standard InChI is InChI=1S/C19H24ClN/c1-3-21-14-17(12-16-7-5-4-6-8-16)13-18-10-9-15(2)11-19(18)20/h4-11,17,21H,3,12-14H2,1-2H3. The molecule has 0 bridgehead atoms. The lowest BCUT2D eigenvalue weighted by atomic mass is 9.92. The topological polar surface area (TPSA) is 12.0 Å². The van der Waals surface area contributed by atoms with Gasteiger partial charge in [-0.3, -0.25) is 0 Å². The zero-order valence-electron chi connectivity index (χ0n) is 12.9. The third-order valence-electron chi connectivity index (χ3n) is 3.77. The molecule has 112 valence electrons. The summed E-state index contributed by atoms with van der Waals surface area (Å²) < 4.78 is 0. The highest BCUT2D eigenvalue weighted by Crippen LogP contribution is 2.22. The minimum absolute atomic E-state index is 0.563. The van der Waals surface area contributed by atoms with Crippen LogP contribution in [0.3, 0.4) is 0 Å². The lowest BCUT2D eigenvalue weighted by Gasteiger charge is -2.18. The number of hydrogen-bond acceptors (Lipinski definition) is 1. The van der Waals surface area contributed by atoms with Gasteiger partial charge in [-0.15, -0.1) is 0 Å². The van der Waals surface area contributed by atoms with Crippen molar-refractivity contribution in [1.29, 1.82) is 0 Å². The van der Waals surface area contributed by atoms with E-state index in [1.54, 1.807) is 0 Å².